The average molecular weight is 535 g/mol. The summed E-state index contributed by atoms with van der Waals surface area (Å²) in [7, 11) is 0. The number of carboxylic acid groups (broad SMARTS) is 1. The minimum absolute atomic E-state index is 0.0282. The molecule has 1 fully saturated rings. The molecule has 0 bridgehead atoms. The highest BCUT2D eigenvalue weighted by Crippen LogP contribution is 2.36. The van der Waals surface area contributed by atoms with Crippen LogP contribution in [0.1, 0.15) is 43.3 Å². The zero-order chi connectivity index (χ0) is 25.5. The molecule has 0 saturated carbocycles. The number of halogens is 2. The van der Waals surface area contributed by atoms with Gasteiger partial charge in [-0.25, -0.2) is 9.78 Å². The number of hydrogen-bond acceptors (Lipinski definition) is 5. The lowest BCUT2D eigenvalue weighted by molar-refractivity contribution is -0.115. The van der Waals surface area contributed by atoms with E-state index in [-0.39, 0.29) is 17.5 Å². The minimum atomic E-state index is -0.921. The highest BCUT2D eigenvalue weighted by molar-refractivity contribution is 7.15. The molecule has 3 heterocycles. The van der Waals surface area contributed by atoms with Gasteiger partial charge in [-0.3, -0.25) is 10.1 Å². The number of benzene rings is 1. The number of thiazole rings is 1. The summed E-state index contributed by atoms with van der Waals surface area (Å²) < 4.78 is 0. The lowest BCUT2D eigenvalue weighted by atomic mass is 9.88. The standard InChI is InChI=1S/C25H28Cl2N4O3S/c1-14-21(12-15-5-7-17(26)18(27)11-15)35-23(28-14)29-22(32)20-8-6-16-13-30(24(33)34)10-9-19(16)31(20)25(2,3)4/h5-8,11,19H,9-10,12-13H2,1-4H3,(H,33,34)(H,28,29,32). The van der Waals surface area contributed by atoms with E-state index < -0.39 is 6.09 Å². The third kappa shape index (κ3) is 5.50. The number of carbonyl (C=O) groups is 2. The molecule has 2 aromatic rings. The molecule has 2 aliphatic rings. The molecule has 35 heavy (non-hydrogen) atoms. The molecule has 2 amide bonds. The number of nitrogens with one attached hydrogen (secondary N) is 1. The minimum Gasteiger partial charge on any atom is -0.465 e. The van der Waals surface area contributed by atoms with Gasteiger partial charge in [0.15, 0.2) is 5.13 Å². The van der Waals surface area contributed by atoms with E-state index >= 15 is 0 Å². The van der Waals surface area contributed by atoms with Crippen LogP contribution in [-0.2, 0) is 11.2 Å². The number of hydrogen-bond donors (Lipinski definition) is 2. The van der Waals surface area contributed by atoms with Crippen molar-refractivity contribution in [2.24, 2.45) is 0 Å². The Labute approximate surface area is 219 Å². The van der Waals surface area contributed by atoms with Gasteiger partial charge in [-0.1, -0.05) is 35.3 Å². The molecule has 186 valence electrons. The number of anilines is 1. The third-order valence-corrected chi connectivity index (χ3v) is 8.00. The van der Waals surface area contributed by atoms with Crippen LogP contribution >= 0.6 is 34.5 Å². The number of likely N-dealkylation sites (tertiary alicyclic amines) is 1. The molecular formula is C25H28Cl2N4O3S. The van der Waals surface area contributed by atoms with Crippen molar-refractivity contribution in [3.63, 3.8) is 0 Å². The van der Waals surface area contributed by atoms with Crippen LogP contribution in [0.4, 0.5) is 9.93 Å². The Bertz CT molecular complexity index is 1230. The molecule has 10 heteroatoms. The number of fused-ring (bicyclic) bond motifs is 1. The molecule has 0 radical (unpaired) electrons. The highest BCUT2D eigenvalue weighted by Gasteiger charge is 2.40. The number of aromatic nitrogens is 1. The summed E-state index contributed by atoms with van der Waals surface area (Å²) in [4.78, 5) is 34.0. The second-order valence-electron chi connectivity index (χ2n) is 9.75. The molecule has 1 atom stereocenters. The summed E-state index contributed by atoms with van der Waals surface area (Å²) in [6.07, 6.45) is 4.02. The van der Waals surface area contributed by atoms with Crippen LogP contribution in [0.2, 0.25) is 10.0 Å². The number of carbonyl (C=O) groups excluding carboxylic acids is 1. The van der Waals surface area contributed by atoms with Crippen LogP contribution in [-0.4, -0.2) is 56.6 Å². The first kappa shape index (κ1) is 25.5. The van der Waals surface area contributed by atoms with E-state index in [2.05, 4.69) is 36.0 Å². The summed E-state index contributed by atoms with van der Waals surface area (Å²) in [6, 6.07) is 5.52. The first-order valence-electron chi connectivity index (χ1n) is 11.3. The van der Waals surface area contributed by atoms with Crippen LogP contribution in [0.5, 0.6) is 0 Å². The molecule has 2 N–H and O–H groups in total. The summed E-state index contributed by atoms with van der Waals surface area (Å²) in [6.45, 7) is 8.88. The smallest absolute Gasteiger partial charge is 0.407 e. The van der Waals surface area contributed by atoms with Crippen molar-refractivity contribution in [2.45, 2.75) is 52.1 Å². The Morgan fingerprint density at radius 2 is 1.97 bits per heavy atom. The molecule has 0 spiro atoms. The Morgan fingerprint density at radius 3 is 2.63 bits per heavy atom. The predicted octanol–water partition coefficient (Wildman–Crippen LogP) is 5.96. The Kier molecular flexibility index (Phi) is 7.18. The number of piperidine rings is 1. The van der Waals surface area contributed by atoms with Gasteiger partial charge in [-0.2, -0.15) is 0 Å². The maximum atomic E-state index is 13.4. The number of nitrogens with zero attached hydrogens (tertiary/aromatic N) is 3. The van der Waals surface area contributed by atoms with Gasteiger partial charge >= 0.3 is 6.09 Å². The molecule has 1 unspecified atom stereocenters. The summed E-state index contributed by atoms with van der Waals surface area (Å²) in [5.74, 6) is -0.231. The van der Waals surface area contributed by atoms with Crippen LogP contribution in [0.15, 0.2) is 41.6 Å². The van der Waals surface area contributed by atoms with Gasteiger partial charge in [0.25, 0.3) is 5.91 Å². The Balaban J connectivity index is 1.55. The second kappa shape index (κ2) is 9.84. The maximum Gasteiger partial charge on any atom is 0.407 e. The summed E-state index contributed by atoms with van der Waals surface area (Å²) >= 11 is 13.6. The number of allylic oxidation sites excluding steroid dienone is 2. The lowest BCUT2D eigenvalue weighted by Gasteiger charge is -2.49. The molecule has 1 aromatic carbocycles. The third-order valence-electron chi connectivity index (χ3n) is 6.19. The molecule has 0 aliphatic carbocycles. The van der Waals surface area contributed by atoms with Gasteiger partial charge in [0.1, 0.15) is 5.70 Å². The van der Waals surface area contributed by atoms with E-state index in [0.717, 1.165) is 21.7 Å². The largest absolute Gasteiger partial charge is 0.465 e. The van der Waals surface area contributed by atoms with E-state index in [4.69, 9.17) is 23.2 Å². The number of rotatable bonds is 4. The van der Waals surface area contributed by atoms with Crippen molar-refractivity contribution < 1.29 is 14.7 Å². The van der Waals surface area contributed by atoms with Gasteiger partial charge < -0.3 is 14.9 Å². The maximum absolute atomic E-state index is 13.4. The van der Waals surface area contributed by atoms with E-state index in [1.54, 1.807) is 12.1 Å². The van der Waals surface area contributed by atoms with Crippen LogP contribution < -0.4 is 5.32 Å². The van der Waals surface area contributed by atoms with Gasteiger partial charge in [0.05, 0.1) is 21.8 Å². The molecule has 4 rings (SSSR count). The Hall–Kier alpha value is -2.55. The van der Waals surface area contributed by atoms with Gasteiger partial charge in [0.2, 0.25) is 0 Å². The highest BCUT2D eigenvalue weighted by atomic mass is 35.5. The summed E-state index contributed by atoms with van der Waals surface area (Å²) in [5, 5.41) is 13.9. The first-order valence-corrected chi connectivity index (χ1v) is 12.9. The van der Waals surface area contributed by atoms with Crippen molar-refractivity contribution in [1.82, 2.24) is 14.8 Å². The van der Waals surface area contributed by atoms with Gasteiger partial charge in [0, 0.05) is 29.9 Å². The number of aryl methyl sites for hydroxylation is 1. The lowest BCUT2D eigenvalue weighted by Crippen LogP contribution is -2.56. The van der Waals surface area contributed by atoms with E-state index in [0.29, 0.717) is 46.8 Å². The Morgan fingerprint density at radius 1 is 1.23 bits per heavy atom. The monoisotopic (exact) mass is 534 g/mol. The van der Waals surface area contributed by atoms with Crippen molar-refractivity contribution >= 4 is 51.7 Å². The zero-order valence-corrected chi connectivity index (χ0v) is 22.4. The quantitative estimate of drug-likeness (QED) is 0.504. The van der Waals surface area contributed by atoms with Crippen LogP contribution in [0.25, 0.3) is 0 Å². The average Bonchev–Trinajstić information content (AvgIpc) is 3.12. The topological polar surface area (TPSA) is 85.8 Å². The molecular weight excluding hydrogens is 507 g/mol. The summed E-state index contributed by atoms with van der Waals surface area (Å²) in [5.41, 5.74) is 3.08. The van der Waals surface area contributed by atoms with Gasteiger partial charge in [-0.05, 0) is 63.5 Å². The molecule has 1 aromatic heterocycles. The fraction of sp³-hybridized carbons (Fsp3) is 0.400. The molecule has 2 aliphatic heterocycles. The predicted molar refractivity (Wildman–Crippen MR) is 141 cm³/mol. The normalized spacial score (nSPS) is 18.1. The zero-order valence-electron chi connectivity index (χ0n) is 20.1. The van der Waals surface area contributed by atoms with E-state index in [1.807, 2.05) is 25.1 Å². The van der Waals surface area contributed by atoms with Gasteiger partial charge in [-0.15, -0.1) is 11.3 Å². The molecule has 1 saturated heterocycles. The van der Waals surface area contributed by atoms with E-state index in [9.17, 15) is 14.7 Å². The van der Waals surface area contributed by atoms with Crippen molar-refractivity contribution in [3.8, 4) is 0 Å². The second-order valence-corrected chi connectivity index (χ2v) is 11.6. The van der Waals surface area contributed by atoms with E-state index in [1.165, 1.54) is 16.2 Å². The van der Waals surface area contributed by atoms with Crippen molar-refractivity contribution in [1.29, 1.82) is 0 Å². The van der Waals surface area contributed by atoms with Crippen LogP contribution in [0, 0.1) is 6.92 Å². The van der Waals surface area contributed by atoms with Crippen molar-refractivity contribution in [2.75, 3.05) is 18.4 Å². The van der Waals surface area contributed by atoms with Crippen LogP contribution in [0.3, 0.4) is 0 Å². The molecule has 7 nitrogen and oxygen atoms in total. The fourth-order valence-electron chi connectivity index (χ4n) is 4.58. The number of amides is 2. The first-order chi connectivity index (χ1) is 16.4. The SMILES string of the molecule is Cc1nc(NC(=O)C2=CC=C3CN(C(=O)O)CCC3N2C(C)(C)C)sc1Cc1ccc(Cl)c(Cl)c1. The fourth-order valence-corrected chi connectivity index (χ4v) is 5.89. The van der Waals surface area contributed by atoms with Crippen molar-refractivity contribution in [3.05, 3.63) is 67.8 Å².